The number of esters is 1. The van der Waals surface area contributed by atoms with E-state index < -0.39 is 17.7 Å². The molecule has 20 heavy (non-hydrogen) atoms. The molecule has 0 unspecified atom stereocenters. The number of carbonyl (C=O) groups is 1. The minimum absolute atomic E-state index is 0.0624. The Labute approximate surface area is 125 Å². The third kappa shape index (κ3) is 3.23. The van der Waals surface area contributed by atoms with Gasteiger partial charge in [-0.25, -0.2) is 4.79 Å². The van der Waals surface area contributed by atoms with E-state index in [1.807, 2.05) is 0 Å². The van der Waals surface area contributed by atoms with E-state index in [1.165, 1.54) is 6.07 Å². The number of nitrogens with zero attached hydrogens (tertiary/aromatic N) is 1. The standard InChI is InChI=1S/C11H4Cl2F3NO2S/c12-7-8(20-17-9(7)13)10(18)19-6-3-1-2-5(4-6)11(14,15)16/h1-4H. The van der Waals surface area contributed by atoms with Crippen LogP contribution in [-0.4, -0.2) is 10.3 Å². The van der Waals surface area contributed by atoms with Crippen molar-refractivity contribution < 1.29 is 22.7 Å². The van der Waals surface area contributed by atoms with Gasteiger partial charge in [-0.15, -0.1) is 0 Å². The van der Waals surface area contributed by atoms with E-state index in [-0.39, 0.29) is 20.8 Å². The fourth-order valence-corrected chi connectivity index (χ4v) is 2.36. The van der Waals surface area contributed by atoms with E-state index in [1.54, 1.807) is 0 Å². The molecule has 2 aromatic rings. The highest BCUT2D eigenvalue weighted by Gasteiger charge is 2.31. The average molecular weight is 342 g/mol. The van der Waals surface area contributed by atoms with Crippen LogP contribution < -0.4 is 4.74 Å². The molecule has 1 aromatic heterocycles. The molecule has 3 nitrogen and oxygen atoms in total. The Balaban J connectivity index is 2.22. The molecule has 0 aliphatic carbocycles. The Kier molecular flexibility index (Phi) is 4.22. The summed E-state index contributed by atoms with van der Waals surface area (Å²) in [5, 5.41) is -0.152. The molecule has 0 saturated heterocycles. The molecule has 0 saturated carbocycles. The van der Waals surface area contributed by atoms with E-state index in [9.17, 15) is 18.0 Å². The Bertz CT molecular complexity index is 657. The van der Waals surface area contributed by atoms with Crippen LogP contribution in [-0.2, 0) is 6.18 Å². The third-order valence-corrected chi connectivity index (χ3v) is 3.93. The summed E-state index contributed by atoms with van der Waals surface area (Å²) in [5.41, 5.74) is -0.920. The van der Waals surface area contributed by atoms with Gasteiger partial charge in [-0.2, -0.15) is 17.5 Å². The summed E-state index contributed by atoms with van der Waals surface area (Å²) in [4.78, 5) is 11.7. The molecule has 0 aliphatic rings. The molecule has 0 bridgehead atoms. The Morgan fingerprint density at radius 2 is 2.00 bits per heavy atom. The summed E-state index contributed by atoms with van der Waals surface area (Å²) in [6.45, 7) is 0. The van der Waals surface area contributed by atoms with Crippen molar-refractivity contribution in [3.63, 3.8) is 0 Å². The number of rotatable bonds is 2. The van der Waals surface area contributed by atoms with Gasteiger partial charge in [-0.3, -0.25) is 0 Å². The van der Waals surface area contributed by atoms with E-state index >= 15 is 0 Å². The predicted molar refractivity (Wildman–Crippen MR) is 68.5 cm³/mol. The normalized spacial score (nSPS) is 11.4. The number of ether oxygens (including phenoxy) is 1. The first-order chi connectivity index (χ1) is 9.29. The van der Waals surface area contributed by atoms with Crippen molar-refractivity contribution in [2.45, 2.75) is 6.18 Å². The van der Waals surface area contributed by atoms with Crippen LogP contribution in [0.4, 0.5) is 13.2 Å². The molecule has 0 radical (unpaired) electrons. The van der Waals surface area contributed by atoms with Crippen molar-refractivity contribution in [3.8, 4) is 5.75 Å². The molecule has 106 valence electrons. The zero-order valence-electron chi connectivity index (χ0n) is 9.37. The fraction of sp³-hybridized carbons (Fsp3) is 0.0909. The Morgan fingerprint density at radius 1 is 1.30 bits per heavy atom. The second-order valence-corrected chi connectivity index (χ2v) is 5.04. The molecule has 2 rings (SSSR count). The van der Waals surface area contributed by atoms with Crippen LogP contribution in [0.15, 0.2) is 24.3 Å². The van der Waals surface area contributed by atoms with Crippen LogP contribution in [0.3, 0.4) is 0 Å². The van der Waals surface area contributed by atoms with Crippen molar-refractivity contribution >= 4 is 40.7 Å². The van der Waals surface area contributed by atoms with Crippen LogP contribution in [0.1, 0.15) is 15.2 Å². The number of carbonyl (C=O) groups excluding carboxylic acids is 1. The molecular weight excluding hydrogens is 338 g/mol. The summed E-state index contributed by atoms with van der Waals surface area (Å²) < 4.78 is 46.0. The van der Waals surface area contributed by atoms with Gasteiger partial charge in [0.15, 0.2) is 10.0 Å². The average Bonchev–Trinajstić information content (AvgIpc) is 2.69. The van der Waals surface area contributed by atoms with E-state index in [0.29, 0.717) is 17.6 Å². The van der Waals surface area contributed by atoms with Crippen molar-refractivity contribution in [2.24, 2.45) is 0 Å². The highest BCUT2D eigenvalue weighted by atomic mass is 35.5. The van der Waals surface area contributed by atoms with E-state index in [4.69, 9.17) is 27.9 Å². The zero-order valence-corrected chi connectivity index (χ0v) is 11.7. The maximum absolute atomic E-state index is 12.5. The molecule has 0 N–H and O–H groups in total. The van der Waals surface area contributed by atoms with E-state index in [2.05, 4.69) is 4.37 Å². The molecule has 0 spiro atoms. The van der Waals surface area contributed by atoms with Crippen molar-refractivity contribution in [3.05, 3.63) is 44.9 Å². The zero-order chi connectivity index (χ0) is 14.9. The van der Waals surface area contributed by atoms with Crippen LogP contribution in [0.2, 0.25) is 10.2 Å². The minimum atomic E-state index is -4.52. The largest absolute Gasteiger partial charge is 0.422 e. The van der Waals surface area contributed by atoms with Gasteiger partial charge in [0.05, 0.1) is 5.56 Å². The van der Waals surface area contributed by atoms with Gasteiger partial charge in [0.25, 0.3) is 0 Å². The summed E-state index contributed by atoms with van der Waals surface area (Å²) in [6.07, 6.45) is -4.52. The minimum Gasteiger partial charge on any atom is -0.422 e. The van der Waals surface area contributed by atoms with Crippen LogP contribution in [0.5, 0.6) is 5.75 Å². The lowest BCUT2D eigenvalue weighted by Gasteiger charge is -2.08. The maximum Gasteiger partial charge on any atom is 0.416 e. The molecule has 1 aromatic carbocycles. The lowest BCUT2D eigenvalue weighted by molar-refractivity contribution is -0.137. The lowest BCUT2D eigenvalue weighted by Crippen LogP contribution is -2.09. The molecule has 0 fully saturated rings. The first-order valence-electron chi connectivity index (χ1n) is 4.99. The fourth-order valence-electron chi connectivity index (χ4n) is 1.28. The van der Waals surface area contributed by atoms with Gasteiger partial charge in [0, 0.05) is 0 Å². The predicted octanol–water partition coefficient (Wildman–Crippen LogP) is 4.69. The number of alkyl halides is 3. The SMILES string of the molecule is O=C(Oc1cccc(C(F)(F)F)c1)c1snc(Cl)c1Cl. The maximum atomic E-state index is 12.5. The van der Waals surface area contributed by atoms with Crippen molar-refractivity contribution in [1.82, 2.24) is 4.37 Å². The number of aromatic nitrogens is 1. The smallest absolute Gasteiger partial charge is 0.416 e. The topological polar surface area (TPSA) is 39.2 Å². The van der Waals surface area contributed by atoms with E-state index in [0.717, 1.165) is 12.1 Å². The second kappa shape index (κ2) is 5.59. The van der Waals surface area contributed by atoms with Gasteiger partial charge in [-0.1, -0.05) is 29.3 Å². The van der Waals surface area contributed by atoms with Crippen LogP contribution in [0.25, 0.3) is 0 Å². The molecule has 0 atom stereocenters. The van der Waals surface area contributed by atoms with Crippen LogP contribution >= 0.6 is 34.7 Å². The molecule has 0 aliphatic heterocycles. The summed E-state index contributed by atoms with van der Waals surface area (Å²) in [6, 6.07) is 3.94. The highest BCUT2D eigenvalue weighted by molar-refractivity contribution is 7.09. The Hall–Kier alpha value is -1.31. The van der Waals surface area contributed by atoms with Crippen molar-refractivity contribution in [2.75, 3.05) is 0 Å². The van der Waals surface area contributed by atoms with Gasteiger partial charge in [-0.05, 0) is 29.7 Å². The monoisotopic (exact) mass is 341 g/mol. The Morgan fingerprint density at radius 3 is 2.55 bits per heavy atom. The van der Waals surface area contributed by atoms with Crippen molar-refractivity contribution in [1.29, 1.82) is 0 Å². The van der Waals surface area contributed by atoms with Gasteiger partial charge >= 0.3 is 12.1 Å². The molecule has 0 amide bonds. The summed E-state index contributed by atoms with van der Waals surface area (Å²) in [5.74, 6) is -1.16. The molecule has 9 heteroatoms. The van der Waals surface area contributed by atoms with Gasteiger partial charge < -0.3 is 4.74 Å². The number of benzene rings is 1. The number of hydrogen-bond acceptors (Lipinski definition) is 4. The van der Waals surface area contributed by atoms with Gasteiger partial charge in [0.2, 0.25) is 0 Å². The highest BCUT2D eigenvalue weighted by Crippen LogP contribution is 2.33. The molecule has 1 heterocycles. The number of halogens is 5. The second-order valence-electron chi connectivity index (χ2n) is 3.53. The first kappa shape index (κ1) is 15.1. The first-order valence-corrected chi connectivity index (χ1v) is 6.52. The molecular formula is C11H4Cl2F3NO2S. The summed E-state index contributed by atoms with van der Waals surface area (Å²) >= 11 is 12.0. The number of hydrogen-bond donors (Lipinski definition) is 0. The third-order valence-electron chi connectivity index (χ3n) is 2.15. The van der Waals surface area contributed by atoms with Crippen LogP contribution in [0, 0.1) is 0 Å². The lowest BCUT2D eigenvalue weighted by atomic mass is 10.2. The quantitative estimate of drug-likeness (QED) is 0.587. The summed E-state index contributed by atoms with van der Waals surface area (Å²) in [7, 11) is 0. The van der Waals surface area contributed by atoms with Gasteiger partial charge in [0.1, 0.15) is 10.8 Å².